The topological polar surface area (TPSA) is 106 Å². The fraction of sp³-hybridized carbons (Fsp3) is 0.652. The second-order valence-corrected chi connectivity index (χ2v) is 7.79. The molecule has 0 bridgehead atoms. The van der Waals surface area contributed by atoms with Crippen LogP contribution >= 0.6 is 24.8 Å². The van der Waals surface area contributed by atoms with Crippen LogP contribution in [0.2, 0.25) is 0 Å². The van der Waals surface area contributed by atoms with Crippen LogP contribution in [0.25, 0.3) is 0 Å². The summed E-state index contributed by atoms with van der Waals surface area (Å²) < 4.78 is 11.1. The van der Waals surface area contributed by atoms with Gasteiger partial charge in [-0.25, -0.2) is 14.5 Å². The van der Waals surface area contributed by atoms with E-state index in [2.05, 4.69) is 24.5 Å². The highest BCUT2D eigenvalue weighted by atomic mass is 35.5. The van der Waals surface area contributed by atoms with Gasteiger partial charge in [0.1, 0.15) is 0 Å². The van der Waals surface area contributed by atoms with E-state index in [9.17, 15) is 9.59 Å². The molecule has 4 N–H and O–H groups in total. The summed E-state index contributed by atoms with van der Waals surface area (Å²) in [6.07, 6.45) is 1.42. The number of rotatable bonds is 13. The van der Waals surface area contributed by atoms with Gasteiger partial charge in [-0.15, -0.1) is 24.8 Å². The number of unbranched alkanes of at least 4 members (excludes halogenated alkanes) is 2. The number of hydrogen-bond donors (Lipinski definition) is 3. The van der Waals surface area contributed by atoms with Crippen molar-refractivity contribution < 1.29 is 19.1 Å². The average molecular weight is 510 g/mol. The van der Waals surface area contributed by atoms with Gasteiger partial charge in [-0.1, -0.05) is 56.5 Å². The van der Waals surface area contributed by atoms with E-state index in [0.29, 0.717) is 19.6 Å². The van der Waals surface area contributed by atoms with Crippen LogP contribution in [-0.4, -0.2) is 49.2 Å². The smallest absolute Gasteiger partial charge is 0.408 e. The number of carbonyl (C=O) groups is 2. The Hall–Kier alpha value is -1.74. The van der Waals surface area contributed by atoms with Crippen molar-refractivity contribution in [1.29, 1.82) is 0 Å². The zero-order chi connectivity index (χ0) is 23.2. The van der Waals surface area contributed by atoms with E-state index < -0.39 is 24.6 Å². The number of benzene rings is 1. The number of carbonyl (C=O) groups excluding carboxylic acids is 2. The van der Waals surface area contributed by atoms with Crippen LogP contribution in [0.5, 0.6) is 0 Å². The molecule has 1 aromatic carbocycles. The summed E-state index contributed by atoms with van der Waals surface area (Å²) in [5.74, 6) is 0. The van der Waals surface area contributed by atoms with Gasteiger partial charge in [0.05, 0.1) is 0 Å². The molecule has 33 heavy (non-hydrogen) atoms. The van der Waals surface area contributed by atoms with Gasteiger partial charge in [0.2, 0.25) is 0 Å². The molecule has 0 spiro atoms. The van der Waals surface area contributed by atoms with Crippen molar-refractivity contribution in [3.63, 3.8) is 0 Å². The quantitative estimate of drug-likeness (QED) is 0.258. The molecular formula is C23H42Cl2N4O4. The van der Waals surface area contributed by atoms with Crippen LogP contribution in [0, 0.1) is 6.92 Å². The van der Waals surface area contributed by atoms with Gasteiger partial charge in [0.15, 0.2) is 12.5 Å². The van der Waals surface area contributed by atoms with Crippen LogP contribution in [0.4, 0.5) is 9.59 Å². The Morgan fingerprint density at radius 2 is 1.45 bits per heavy atom. The first-order valence-electron chi connectivity index (χ1n) is 11.2. The van der Waals surface area contributed by atoms with Crippen LogP contribution < -0.4 is 16.4 Å². The van der Waals surface area contributed by atoms with Gasteiger partial charge in [-0.2, -0.15) is 0 Å². The van der Waals surface area contributed by atoms with Crippen molar-refractivity contribution in [2.45, 2.75) is 78.8 Å². The maximum Gasteiger partial charge on any atom is 0.408 e. The Kier molecular flexibility index (Phi) is 18.9. The summed E-state index contributed by atoms with van der Waals surface area (Å²) in [5.41, 5.74) is 8.52. The molecule has 0 fully saturated rings. The maximum absolute atomic E-state index is 12.1. The normalized spacial score (nSPS) is 13.1. The van der Waals surface area contributed by atoms with E-state index in [1.807, 2.05) is 31.2 Å². The Morgan fingerprint density at radius 3 is 1.88 bits per heavy atom. The van der Waals surface area contributed by atoms with Gasteiger partial charge in [-0.3, -0.25) is 0 Å². The maximum atomic E-state index is 12.1. The van der Waals surface area contributed by atoms with Gasteiger partial charge in [0, 0.05) is 25.7 Å². The number of nitrogens with one attached hydrogen (secondary N) is 2. The van der Waals surface area contributed by atoms with Gasteiger partial charge < -0.3 is 25.8 Å². The third kappa shape index (κ3) is 13.5. The summed E-state index contributed by atoms with van der Waals surface area (Å²) in [6.45, 7) is 11.0. The number of halogens is 2. The summed E-state index contributed by atoms with van der Waals surface area (Å²) in [7, 11) is 0. The Bertz CT molecular complexity index is 652. The molecule has 0 heterocycles. The second kappa shape index (κ2) is 18.7. The van der Waals surface area contributed by atoms with Crippen LogP contribution in [0.15, 0.2) is 24.3 Å². The van der Waals surface area contributed by atoms with Crippen molar-refractivity contribution in [2.24, 2.45) is 5.73 Å². The minimum Gasteiger partial charge on any atom is -0.430 e. The first-order chi connectivity index (χ1) is 14.8. The minimum atomic E-state index is -0.643. The first kappa shape index (κ1) is 33.4. The SMILES string of the molecule is CCCCNC(=O)OC(C)N(CC(N)c1cccc(C)c1)C(C)OC(=O)NCCCC.Cl.Cl. The highest BCUT2D eigenvalue weighted by Crippen LogP contribution is 2.18. The predicted molar refractivity (Wildman–Crippen MR) is 137 cm³/mol. The van der Waals surface area contributed by atoms with E-state index in [-0.39, 0.29) is 30.9 Å². The molecule has 0 saturated heterocycles. The van der Waals surface area contributed by atoms with E-state index >= 15 is 0 Å². The third-order valence-corrected chi connectivity index (χ3v) is 4.97. The minimum absolute atomic E-state index is 0. The lowest BCUT2D eigenvalue weighted by atomic mass is 10.0. The Balaban J connectivity index is 0. The first-order valence-corrected chi connectivity index (χ1v) is 11.2. The fourth-order valence-electron chi connectivity index (χ4n) is 3.09. The standard InChI is InChI=1S/C23H40N4O4.2ClH/c1-6-8-13-25-22(28)30-18(4)27(19(5)31-23(29)26-14-9-7-2)16-21(24)20-12-10-11-17(3)15-20;;/h10-12,15,18-19,21H,6-9,13-14,16,24H2,1-5H3,(H,25,28)(H,26,29);2*1H. The molecule has 1 rings (SSSR count). The second-order valence-electron chi connectivity index (χ2n) is 7.79. The molecule has 192 valence electrons. The molecule has 0 aliphatic carbocycles. The molecule has 0 aromatic heterocycles. The molecule has 3 unspecified atom stereocenters. The van der Waals surface area contributed by atoms with Crippen LogP contribution in [0.1, 0.15) is 70.5 Å². The predicted octanol–water partition coefficient (Wildman–Crippen LogP) is 4.89. The number of nitrogens with zero attached hydrogens (tertiary/aromatic N) is 1. The molecule has 0 aliphatic heterocycles. The monoisotopic (exact) mass is 508 g/mol. The lowest BCUT2D eigenvalue weighted by Crippen LogP contribution is -2.49. The largest absolute Gasteiger partial charge is 0.430 e. The molecule has 3 atom stereocenters. The van der Waals surface area contributed by atoms with Gasteiger partial charge in [-0.05, 0) is 39.2 Å². The molecule has 2 amide bonds. The summed E-state index contributed by atoms with van der Waals surface area (Å²) in [4.78, 5) is 26.1. The number of nitrogens with two attached hydrogens (primary N) is 1. The average Bonchev–Trinajstić information content (AvgIpc) is 2.71. The Morgan fingerprint density at radius 1 is 0.970 bits per heavy atom. The lowest BCUT2D eigenvalue weighted by molar-refractivity contribution is -0.0940. The summed E-state index contributed by atoms with van der Waals surface area (Å²) in [6, 6.07) is 7.60. The molecule has 0 saturated carbocycles. The van der Waals surface area contributed by atoms with E-state index in [1.54, 1.807) is 18.7 Å². The van der Waals surface area contributed by atoms with Crippen molar-refractivity contribution >= 4 is 37.0 Å². The highest BCUT2D eigenvalue weighted by molar-refractivity contribution is 5.85. The highest BCUT2D eigenvalue weighted by Gasteiger charge is 2.28. The Labute approximate surface area is 211 Å². The van der Waals surface area contributed by atoms with E-state index in [0.717, 1.165) is 36.8 Å². The molecule has 0 aliphatic rings. The van der Waals surface area contributed by atoms with Crippen molar-refractivity contribution in [3.05, 3.63) is 35.4 Å². The fourth-order valence-corrected chi connectivity index (χ4v) is 3.09. The molecule has 1 aromatic rings. The van der Waals surface area contributed by atoms with E-state index in [1.165, 1.54) is 0 Å². The van der Waals surface area contributed by atoms with Gasteiger partial charge >= 0.3 is 12.2 Å². The van der Waals surface area contributed by atoms with Crippen molar-refractivity contribution in [3.8, 4) is 0 Å². The molecule has 8 nitrogen and oxygen atoms in total. The lowest BCUT2D eigenvalue weighted by Gasteiger charge is -2.35. The van der Waals surface area contributed by atoms with Gasteiger partial charge in [0.25, 0.3) is 0 Å². The number of aryl methyl sites for hydroxylation is 1. The molecular weight excluding hydrogens is 467 g/mol. The van der Waals surface area contributed by atoms with Crippen molar-refractivity contribution in [1.82, 2.24) is 15.5 Å². The number of amides is 2. The third-order valence-electron chi connectivity index (χ3n) is 4.97. The van der Waals surface area contributed by atoms with E-state index in [4.69, 9.17) is 15.2 Å². The van der Waals surface area contributed by atoms with Crippen molar-refractivity contribution in [2.75, 3.05) is 19.6 Å². The number of hydrogen-bond acceptors (Lipinski definition) is 6. The number of alkyl carbamates (subject to hydrolysis) is 2. The zero-order valence-corrected chi connectivity index (χ0v) is 22.1. The van der Waals surface area contributed by atoms with Crippen LogP contribution in [0.3, 0.4) is 0 Å². The number of ether oxygens (including phenoxy) is 2. The van der Waals surface area contributed by atoms with Crippen LogP contribution in [-0.2, 0) is 9.47 Å². The summed E-state index contributed by atoms with van der Waals surface area (Å²) >= 11 is 0. The molecule has 0 radical (unpaired) electrons. The zero-order valence-electron chi connectivity index (χ0n) is 20.5. The summed E-state index contributed by atoms with van der Waals surface area (Å²) in [5, 5.41) is 5.47. The molecule has 10 heteroatoms.